The number of hydrogen-bond acceptors (Lipinski definition) is 2. The molecule has 14 heavy (non-hydrogen) atoms. The summed E-state index contributed by atoms with van der Waals surface area (Å²) in [5.74, 6) is 3.71. The summed E-state index contributed by atoms with van der Waals surface area (Å²) in [6, 6.07) is 0.791. The van der Waals surface area contributed by atoms with Crippen molar-refractivity contribution in [2.75, 3.05) is 18.1 Å². The van der Waals surface area contributed by atoms with Gasteiger partial charge < -0.3 is 5.32 Å². The normalized spacial score (nSPS) is 18.4. The molecule has 1 rings (SSSR count). The van der Waals surface area contributed by atoms with Crippen LogP contribution >= 0.6 is 11.8 Å². The average Bonchev–Trinajstić information content (AvgIpc) is 2.98. The minimum atomic E-state index is 0.791. The molecule has 0 amide bonds. The van der Waals surface area contributed by atoms with Gasteiger partial charge in [0, 0.05) is 11.8 Å². The minimum Gasteiger partial charge on any atom is -0.313 e. The van der Waals surface area contributed by atoms with E-state index in [0.717, 1.165) is 12.0 Å². The maximum Gasteiger partial charge on any atom is 0.0160 e. The van der Waals surface area contributed by atoms with E-state index in [1.807, 2.05) is 0 Å². The van der Waals surface area contributed by atoms with Crippen molar-refractivity contribution < 1.29 is 0 Å². The Kier molecular flexibility index (Phi) is 6.70. The average molecular weight is 215 g/mol. The smallest absolute Gasteiger partial charge is 0.0160 e. The third kappa shape index (κ3) is 5.92. The molecule has 2 heteroatoms. The van der Waals surface area contributed by atoms with E-state index >= 15 is 0 Å². The highest BCUT2D eigenvalue weighted by molar-refractivity contribution is 7.99. The molecule has 1 unspecified atom stereocenters. The second-order valence-corrected chi connectivity index (χ2v) is 5.55. The molecule has 1 atom stereocenters. The van der Waals surface area contributed by atoms with Crippen LogP contribution in [0.5, 0.6) is 0 Å². The molecule has 0 heterocycles. The summed E-state index contributed by atoms with van der Waals surface area (Å²) < 4.78 is 0. The third-order valence-corrected chi connectivity index (χ3v) is 4.00. The fraction of sp³-hybridized carbons (Fsp3) is 1.00. The van der Waals surface area contributed by atoms with Gasteiger partial charge in [0.25, 0.3) is 0 Å². The van der Waals surface area contributed by atoms with Crippen molar-refractivity contribution in [3.05, 3.63) is 0 Å². The molecule has 0 aromatic carbocycles. The van der Waals surface area contributed by atoms with E-state index in [1.165, 1.54) is 50.2 Å². The van der Waals surface area contributed by atoms with Crippen LogP contribution in [0, 0.1) is 5.92 Å². The monoisotopic (exact) mass is 215 g/mol. The highest BCUT2D eigenvalue weighted by Gasteiger charge is 2.24. The number of nitrogens with one attached hydrogen (secondary N) is 1. The first-order chi connectivity index (χ1) is 6.86. The molecule has 1 saturated carbocycles. The van der Waals surface area contributed by atoms with Crippen molar-refractivity contribution in [1.29, 1.82) is 0 Å². The lowest BCUT2D eigenvalue weighted by Gasteiger charge is -2.17. The molecule has 1 aliphatic rings. The fourth-order valence-electron chi connectivity index (χ4n) is 1.68. The van der Waals surface area contributed by atoms with Gasteiger partial charge >= 0.3 is 0 Å². The Bertz CT molecular complexity index is 134. The maximum atomic E-state index is 3.68. The zero-order chi connectivity index (χ0) is 10.2. The van der Waals surface area contributed by atoms with Crippen molar-refractivity contribution in [3.8, 4) is 0 Å². The summed E-state index contributed by atoms with van der Waals surface area (Å²) in [6.07, 6.45) is 6.98. The summed E-state index contributed by atoms with van der Waals surface area (Å²) in [7, 11) is 0. The van der Waals surface area contributed by atoms with Gasteiger partial charge in [-0.05, 0) is 37.5 Å². The van der Waals surface area contributed by atoms with Gasteiger partial charge in [-0.15, -0.1) is 0 Å². The lowest BCUT2D eigenvalue weighted by molar-refractivity contribution is 0.494. The molecule has 0 bridgehead atoms. The van der Waals surface area contributed by atoms with Gasteiger partial charge in [-0.25, -0.2) is 0 Å². The molecule has 0 aliphatic heterocycles. The molecule has 1 nitrogen and oxygen atoms in total. The van der Waals surface area contributed by atoms with Crippen LogP contribution in [0.3, 0.4) is 0 Å². The molecule has 1 N–H and O–H groups in total. The van der Waals surface area contributed by atoms with E-state index in [0.29, 0.717) is 0 Å². The molecular weight excluding hydrogens is 190 g/mol. The zero-order valence-electron chi connectivity index (χ0n) is 9.72. The highest BCUT2D eigenvalue weighted by atomic mass is 32.2. The van der Waals surface area contributed by atoms with E-state index in [2.05, 4.69) is 30.9 Å². The van der Waals surface area contributed by atoms with Gasteiger partial charge in [-0.3, -0.25) is 0 Å². The second-order valence-electron chi connectivity index (χ2n) is 4.41. The quantitative estimate of drug-likeness (QED) is 0.592. The van der Waals surface area contributed by atoms with E-state index < -0.39 is 0 Å². The molecule has 1 aliphatic carbocycles. The highest BCUT2D eigenvalue weighted by Crippen LogP contribution is 2.34. The van der Waals surface area contributed by atoms with Crippen LogP contribution in [-0.4, -0.2) is 24.1 Å². The minimum absolute atomic E-state index is 0.791. The predicted octanol–water partition coefficient (Wildman–Crippen LogP) is 3.30. The lowest BCUT2D eigenvalue weighted by Crippen LogP contribution is -2.32. The summed E-state index contributed by atoms with van der Waals surface area (Å²) in [4.78, 5) is 0. The van der Waals surface area contributed by atoms with Crippen molar-refractivity contribution in [3.63, 3.8) is 0 Å². The molecule has 0 aromatic rings. The molecule has 0 spiro atoms. The molecule has 84 valence electrons. The summed E-state index contributed by atoms with van der Waals surface area (Å²) in [5.41, 5.74) is 0. The van der Waals surface area contributed by atoms with Crippen LogP contribution in [-0.2, 0) is 0 Å². The molecule has 0 saturated heterocycles. The molecule has 1 fully saturated rings. The lowest BCUT2D eigenvalue weighted by atomic mass is 10.1. The SMILES string of the molecule is CCCNC(CSCCC)CC1CC1. The Morgan fingerprint density at radius 2 is 2.07 bits per heavy atom. The van der Waals surface area contributed by atoms with Crippen molar-refractivity contribution in [2.24, 2.45) is 5.92 Å². The zero-order valence-corrected chi connectivity index (χ0v) is 10.5. The van der Waals surface area contributed by atoms with Gasteiger partial charge in [0.1, 0.15) is 0 Å². The van der Waals surface area contributed by atoms with Crippen LogP contribution in [0.1, 0.15) is 46.0 Å². The van der Waals surface area contributed by atoms with E-state index in [4.69, 9.17) is 0 Å². The van der Waals surface area contributed by atoms with Gasteiger partial charge in [-0.1, -0.05) is 26.7 Å². The summed E-state index contributed by atoms with van der Waals surface area (Å²) in [6.45, 7) is 5.72. The maximum absolute atomic E-state index is 3.68. The van der Waals surface area contributed by atoms with E-state index in [9.17, 15) is 0 Å². The number of hydrogen-bond donors (Lipinski definition) is 1. The van der Waals surface area contributed by atoms with Crippen LogP contribution in [0.4, 0.5) is 0 Å². The Morgan fingerprint density at radius 1 is 1.29 bits per heavy atom. The van der Waals surface area contributed by atoms with Crippen LogP contribution in [0.25, 0.3) is 0 Å². The van der Waals surface area contributed by atoms with Crippen LogP contribution < -0.4 is 5.32 Å². The fourth-order valence-corrected chi connectivity index (χ4v) is 2.68. The molecule has 0 aromatic heterocycles. The van der Waals surface area contributed by atoms with Crippen molar-refractivity contribution >= 4 is 11.8 Å². The Morgan fingerprint density at radius 3 is 2.64 bits per heavy atom. The number of thioether (sulfide) groups is 1. The van der Waals surface area contributed by atoms with Gasteiger partial charge in [0.05, 0.1) is 0 Å². The first-order valence-electron chi connectivity index (χ1n) is 6.18. The van der Waals surface area contributed by atoms with E-state index in [1.54, 1.807) is 0 Å². The topological polar surface area (TPSA) is 12.0 Å². The van der Waals surface area contributed by atoms with Gasteiger partial charge in [0.2, 0.25) is 0 Å². The van der Waals surface area contributed by atoms with Crippen LogP contribution in [0.15, 0.2) is 0 Å². The first kappa shape index (κ1) is 12.4. The van der Waals surface area contributed by atoms with Gasteiger partial charge in [-0.2, -0.15) is 11.8 Å². The summed E-state index contributed by atoms with van der Waals surface area (Å²) >= 11 is 2.12. The van der Waals surface area contributed by atoms with Crippen molar-refractivity contribution in [1.82, 2.24) is 5.32 Å². The van der Waals surface area contributed by atoms with Gasteiger partial charge in [0.15, 0.2) is 0 Å². The van der Waals surface area contributed by atoms with E-state index in [-0.39, 0.29) is 0 Å². The van der Waals surface area contributed by atoms with Crippen LogP contribution in [0.2, 0.25) is 0 Å². The largest absolute Gasteiger partial charge is 0.313 e. The molecular formula is C12H25NS. The standard InChI is InChI=1S/C12H25NS/c1-3-7-13-12(9-11-5-6-11)10-14-8-4-2/h11-13H,3-10H2,1-2H3. The number of rotatable bonds is 9. The Balaban J connectivity index is 2.06. The Labute approximate surface area is 93.4 Å². The van der Waals surface area contributed by atoms with Crippen molar-refractivity contribution in [2.45, 2.75) is 52.0 Å². The Hall–Kier alpha value is 0.310. The third-order valence-electron chi connectivity index (χ3n) is 2.67. The summed E-state index contributed by atoms with van der Waals surface area (Å²) in [5, 5.41) is 3.68. The first-order valence-corrected chi connectivity index (χ1v) is 7.33. The second kappa shape index (κ2) is 7.58. The molecule has 0 radical (unpaired) electrons. The predicted molar refractivity (Wildman–Crippen MR) is 67.0 cm³/mol.